The first-order valence-corrected chi connectivity index (χ1v) is 6.75. The van der Waals surface area contributed by atoms with Crippen LogP contribution in [0.4, 0.5) is 5.69 Å². The topological polar surface area (TPSA) is 58.6 Å². The molecule has 0 aliphatic heterocycles. The molecule has 2 aromatic rings. The molecule has 0 spiro atoms. The summed E-state index contributed by atoms with van der Waals surface area (Å²) >= 11 is 3.19. The van der Waals surface area contributed by atoms with Crippen molar-refractivity contribution < 1.29 is 14.6 Å². The first kappa shape index (κ1) is 14.4. The number of amides is 1. The third kappa shape index (κ3) is 3.11. The van der Waals surface area contributed by atoms with Crippen molar-refractivity contribution in [3.8, 4) is 11.5 Å². The average molecular weight is 336 g/mol. The van der Waals surface area contributed by atoms with E-state index in [1.54, 1.807) is 6.07 Å². The molecule has 0 saturated heterocycles. The van der Waals surface area contributed by atoms with Crippen LogP contribution in [-0.2, 0) is 0 Å². The number of carbonyl (C=O) groups excluding carboxylic acids is 1. The first-order valence-electron chi connectivity index (χ1n) is 5.96. The van der Waals surface area contributed by atoms with E-state index >= 15 is 0 Å². The van der Waals surface area contributed by atoms with Crippen molar-refractivity contribution in [2.24, 2.45) is 0 Å². The van der Waals surface area contributed by atoms with Gasteiger partial charge in [0.05, 0.1) is 11.6 Å². The molecule has 0 aliphatic rings. The second-order valence-electron chi connectivity index (χ2n) is 4.33. The number of methoxy groups -OCH3 is 1. The molecule has 0 fully saturated rings. The zero-order valence-electron chi connectivity index (χ0n) is 11.1. The molecule has 2 rings (SSSR count). The molecule has 0 atom stereocenters. The lowest BCUT2D eigenvalue weighted by Gasteiger charge is -2.10. The van der Waals surface area contributed by atoms with E-state index in [9.17, 15) is 9.90 Å². The minimum absolute atomic E-state index is 0.0281. The van der Waals surface area contributed by atoms with Crippen LogP contribution in [0.2, 0.25) is 0 Å². The van der Waals surface area contributed by atoms with Gasteiger partial charge in [-0.05, 0) is 52.7 Å². The number of nitrogens with one attached hydrogen (secondary N) is 1. The third-order valence-electron chi connectivity index (χ3n) is 2.79. The first-order chi connectivity index (χ1) is 9.51. The Kier molecular flexibility index (Phi) is 4.29. The summed E-state index contributed by atoms with van der Waals surface area (Å²) in [6.07, 6.45) is 0. The van der Waals surface area contributed by atoms with E-state index in [1.165, 1.54) is 13.2 Å². The fraction of sp³-hybridized carbons (Fsp3) is 0.133. The second kappa shape index (κ2) is 5.96. The molecule has 0 aliphatic carbocycles. The van der Waals surface area contributed by atoms with Gasteiger partial charge in [-0.1, -0.05) is 12.1 Å². The molecule has 0 unspecified atom stereocenters. The van der Waals surface area contributed by atoms with Gasteiger partial charge in [0, 0.05) is 11.3 Å². The minimum Gasteiger partial charge on any atom is -0.503 e. The van der Waals surface area contributed by atoms with Gasteiger partial charge in [-0.3, -0.25) is 4.79 Å². The molecular weight excluding hydrogens is 322 g/mol. The van der Waals surface area contributed by atoms with Crippen LogP contribution >= 0.6 is 15.9 Å². The molecule has 0 radical (unpaired) electrons. The van der Waals surface area contributed by atoms with Crippen LogP contribution in [0.25, 0.3) is 0 Å². The summed E-state index contributed by atoms with van der Waals surface area (Å²) in [6, 6.07) is 10.6. The van der Waals surface area contributed by atoms with E-state index in [1.807, 2.05) is 31.2 Å². The zero-order chi connectivity index (χ0) is 14.7. The number of ether oxygens (including phenoxy) is 1. The summed E-state index contributed by atoms with van der Waals surface area (Å²) < 4.78 is 5.43. The zero-order valence-corrected chi connectivity index (χ0v) is 12.7. The maximum Gasteiger partial charge on any atom is 0.255 e. The maximum absolute atomic E-state index is 12.2. The lowest BCUT2D eigenvalue weighted by molar-refractivity contribution is 0.102. The highest BCUT2D eigenvalue weighted by atomic mass is 79.9. The summed E-state index contributed by atoms with van der Waals surface area (Å²) in [5.74, 6) is -0.0528. The molecule has 2 aromatic carbocycles. The van der Waals surface area contributed by atoms with Gasteiger partial charge in [0.25, 0.3) is 5.91 Å². The van der Waals surface area contributed by atoms with Crippen LogP contribution in [-0.4, -0.2) is 18.1 Å². The van der Waals surface area contributed by atoms with Gasteiger partial charge in [0.2, 0.25) is 0 Å². The van der Waals surface area contributed by atoms with Gasteiger partial charge < -0.3 is 15.2 Å². The molecule has 5 heteroatoms. The van der Waals surface area contributed by atoms with Crippen molar-refractivity contribution in [2.75, 3.05) is 12.4 Å². The Morgan fingerprint density at radius 3 is 2.70 bits per heavy atom. The molecule has 0 saturated carbocycles. The maximum atomic E-state index is 12.2. The van der Waals surface area contributed by atoms with Crippen LogP contribution in [0, 0.1) is 6.92 Å². The van der Waals surface area contributed by atoms with E-state index in [2.05, 4.69) is 21.2 Å². The number of rotatable bonds is 3. The predicted molar refractivity (Wildman–Crippen MR) is 81.5 cm³/mol. The molecule has 0 aromatic heterocycles. The van der Waals surface area contributed by atoms with Crippen molar-refractivity contribution in [1.82, 2.24) is 0 Å². The molecule has 4 nitrogen and oxygen atoms in total. The van der Waals surface area contributed by atoms with Gasteiger partial charge in [0.1, 0.15) is 0 Å². The molecule has 2 N–H and O–H groups in total. The second-order valence-corrected chi connectivity index (χ2v) is 5.19. The van der Waals surface area contributed by atoms with Gasteiger partial charge in [0.15, 0.2) is 11.5 Å². The summed E-state index contributed by atoms with van der Waals surface area (Å²) in [4.78, 5) is 12.2. The Morgan fingerprint density at radius 1 is 1.30 bits per heavy atom. The minimum atomic E-state index is -0.269. The van der Waals surface area contributed by atoms with Crippen LogP contribution in [0.3, 0.4) is 0 Å². The smallest absolute Gasteiger partial charge is 0.255 e. The van der Waals surface area contributed by atoms with Gasteiger partial charge in [-0.25, -0.2) is 0 Å². The average Bonchev–Trinajstić information content (AvgIpc) is 2.41. The number of carbonyl (C=O) groups is 1. The molecule has 20 heavy (non-hydrogen) atoms. The van der Waals surface area contributed by atoms with Crippen molar-refractivity contribution in [1.29, 1.82) is 0 Å². The quantitative estimate of drug-likeness (QED) is 0.898. The summed E-state index contributed by atoms with van der Waals surface area (Å²) in [6.45, 7) is 1.95. The molecule has 1 amide bonds. The van der Waals surface area contributed by atoms with Gasteiger partial charge >= 0.3 is 0 Å². The Morgan fingerprint density at radius 2 is 2.05 bits per heavy atom. The lowest BCUT2D eigenvalue weighted by Crippen LogP contribution is -2.12. The van der Waals surface area contributed by atoms with Crippen molar-refractivity contribution in [3.05, 3.63) is 52.0 Å². The fourth-order valence-corrected chi connectivity index (χ4v) is 2.23. The number of phenols is 1. The van der Waals surface area contributed by atoms with E-state index in [0.29, 0.717) is 10.0 Å². The fourth-order valence-electron chi connectivity index (χ4n) is 1.79. The van der Waals surface area contributed by atoms with Gasteiger partial charge in [-0.2, -0.15) is 0 Å². The van der Waals surface area contributed by atoms with Crippen molar-refractivity contribution in [3.63, 3.8) is 0 Å². The van der Waals surface area contributed by atoms with E-state index < -0.39 is 0 Å². The van der Waals surface area contributed by atoms with Crippen LogP contribution in [0.1, 0.15) is 15.9 Å². The number of anilines is 1. The standard InChI is InChI=1S/C15H14BrNO3/c1-9-4-3-5-11(6-9)17-15(19)10-7-12(16)14(18)13(8-10)20-2/h3-8,18H,1-2H3,(H,17,19). The molecular formula is C15H14BrNO3. The Labute approximate surface area is 125 Å². The lowest BCUT2D eigenvalue weighted by atomic mass is 10.1. The van der Waals surface area contributed by atoms with Crippen LogP contribution in [0.5, 0.6) is 11.5 Å². The van der Waals surface area contributed by atoms with Crippen LogP contribution < -0.4 is 10.1 Å². The third-order valence-corrected chi connectivity index (χ3v) is 3.39. The molecule has 0 heterocycles. The summed E-state index contributed by atoms with van der Waals surface area (Å²) in [7, 11) is 1.43. The number of hydrogen-bond donors (Lipinski definition) is 2. The number of hydrogen-bond acceptors (Lipinski definition) is 3. The Balaban J connectivity index is 2.28. The van der Waals surface area contributed by atoms with Crippen molar-refractivity contribution >= 4 is 27.5 Å². The van der Waals surface area contributed by atoms with Crippen molar-refractivity contribution in [2.45, 2.75) is 6.92 Å². The highest BCUT2D eigenvalue weighted by Gasteiger charge is 2.13. The van der Waals surface area contributed by atoms with Gasteiger partial charge in [-0.15, -0.1) is 0 Å². The number of phenolic OH excluding ortho intramolecular Hbond substituents is 1. The largest absolute Gasteiger partial charge is 0.503 e. The Hall–Kier alpha value is -2.01. The van der Waals surface area contributed by atoms with E-state index in [4.69, 9.17) is 4.74 Å². The highest BCUT2D eigenvalue weighted by molar-refractivity contribution is 9.10. The molecule has 0 bridgehead atoms. The predicted octanol–water partition coefficient (Wildman–Crippen LogP) is 3.72. The number of benzene rings is 2. The van der Waals surface area contributed by atoms with E-state index in [0.717, 1.165) is 11.3 Å². The van der Waals surface area contributed by atoms with Crippen LogP contribution in [0.15, 0.2) is 40.9 Å². The monoisotopic (exact) mass is 335 g/mol. The highest BCUT2D eigenvalue weighted by Crippen LogP contribution is 2.35. The summed E-state index contributed by atoms with van der Waals surface area (Å²) in [5.41, 5.74) is 2.18. The van der Waals surface area contributed by atoms with E-state index in [-0.39, 0.29) is 17.4 Å². The number of aryl methyl sites for hydroxylation is 1. The summed E-state index contributed by atoms with van der Waals surface area (Å²) in [5, 5.41) is 12.5. The number of aromatic hydroxyl groups is 1. The number of halogens is 1. The normalized spacial score (nSPS) is 10.2. The SMILES string of the molecule is COc1cc(C(=O)Nc2cccc(C)c2)cc(Br)c1O. The Bertz CT molecular complexity index is 656. The molecule has 104 valence electrons.